The SMILES string of the molecule is FC(F)(F)c1cnc(NC2CCC2)nc1Cl. The Hall–Kier alpha value is -1.04. The molecule has 1 aliphatic rings. The number of rotatable bonds is 2. The van der Waals surface area contributed by atoms with E-state index >= 15 is 0 Å². The molecule has 3 nitrogen and oxygen atoms in total. The van der Waals surface area contributed by atoms with Crippen LogP contribution in [0, 0.1) is 0 Å². The molecule has 1 heterocycles. The van der Waals surface area contributed by atoms with Gasteiger partial charge in [0.15, 0.2) is 0 Å². The smallest absolute Gasteiger partial charge is 0.351 e. The molecule has 16 heavy (non-hydrogen) atoms. The number of hydrogen-bond acceptors (Lipinski definition) is 3. The summed E-state index contributed by atoms with van der Waals surface area (Å²) < 4.78 is 37.0. The zero-order chi connectivity index (χ0) is 11.8. The van der Waals surface area contributed by atoms with Crippen molar-refractivity contribution in [1.29, 1.82) is 0 Å². The third-order valence-electron chi connectivity index (χ3n) is 2.49. The highest BCUT2D eigenvalue weighted by molar-refractivity contribution is 6.30. The number of nitrogens with one attached hydrogen (secondary N) is 1. The van der Waals surface area contributed by atoms with Gasteiger partial charge in [-0.25, -0.2) is 9.97 Å². The maximum absolute atomic E-state index is 12.3. The summed E-state index contributed by atoms with van der Waals surface area (Å²) >= 11 is 5.45. The third kappa shape index (κ3) is 2.37. The summed E-state index contributed by atoms with van der Waals surface area (Å²) in [6.07, 6.45) is -0.710. The molecule has 0 saturated heterocycles. The minimum atomic E-state index is -4.51. The van der Waals surface area contributed by atoms with E-state index < -0.39 is 16.9 Å². The maximum Gasteiger partial charge on any atom is 0.420 e. The topological polar surface area (TPSA) is 37.8 Å². The van der Waals surface area contributed by atoms with Gasteiger partial charge < -0.3 is 5.32 Å². The lowest BCUT2D eigenvalue weighted by Crippen LogP contribution is -2.28. The molecule has 1 aromatic heterocycles. The first-order valence-electron chi connectivity index (χ1n) is 4.83. The first-order chi connectivity index (χ1) is 7.47. The van der Waals surface area contributed by atoms with E-state index in [0.717, 1.165) is 19.3 Å². The summed E-state index contributed by atoms with van der Waals surface area (Å²) in [6, 6.07) is 0.257. The minimum Gasteiger partial charge on any atom is -0.351 e. The van der Waals surface area contributed by atoms with E-state index in [4.69, 9.17) is 11.6 Å². The number of hydrogen-bond donors (Lipinski definition) is 1. The molecule has 1 saturated carbocycles. The maximum atomic E-state index is 12.3. The first kappa shape index (κ1) is 11.4. The number of anilines is 1. The summed E-state index contributed by atoms with van der Waals surface area (Å²) in [6.45, 7) is 0. The highest BCUT2D eigenvalue weighted by Gasteiger charge is 2.34. The zero-order valence-electron chi connectivity index (χ0n) is 8.18. The molecule has 0 atom stereocenters. The molecule has 0 aliphatic heterocycles. The van der Waals surface area contributed by atoms with Gasteiger partial charge in [0.25, 0.3) is 0 Å². The van der Waals surface area contributed by atoms with Crippen LogP contribution < -0.4 is 5.32 Å². The Labute approximate surface area is 95.0 Å². The molecule has 0 spiro atoms. The fourth-order valence-electron chi connectivity index (χ4n) is 1.36. The Bertz CT molecular complexity index is 390. The van der Waals surface area contributed by atoms with E-state index in [1.807, 2.05) is 0 Å². The molecule has 0 bridgehead atoms. The van der Waals surface area contributed by atoms with E-state index in [9.17, 15) is 13.2 Å². The quantitative estimate of drug-likeness (QED) is 0.821. The Morgan fingerprint density at radius 2 is 2.06 bits per heavy atom. The molecule has 0 amide bonds. The molecule has 88 valence electrons. The van der Waals surface area contributed by atoms with E-state index in [1.165, 1.54) is 0 Å². The molecule has 1 N–H and O–H groups in total. The number of nitrogens with zero attached hydrogens (tertiary/aromatic N) is 2. The molecule has 2 rings (SSSR count). The molecular formula is C9H9ClF3N3. The van der Waals surface area contributed by atoms with Gasteiger partial charge in [-0.2, -0.15) is 13.2 Å². The lowest BCUT2D eigenvalue weighted by atomic mass is 9.93. The molecule has 0 unspecified atom stereocenters. The van der Waals surface area contributed by atoms with Crippen LogP contribution >= 0.6 is 11.6 Å². The van der Waals surface area contributed by atoms with Crippen LogP contribution in [0.3, 0.4) is 0 Å². The summed E-state index contributed by atoms with van der Waals surface area (Å²) in [4.78, 5) is 7.19. The van der Waals surface area contributed by atoms with Crippen LogP contribution in [0.15, 0.2) is 6.20 Å². The second-order valence-corrected chi connectivity index (χ2v) is 4.03. The van der Waals surface area contributed by atoms with Crippen LogP contribution in [-0.2, 0) is 6.18 Å². The average molecular weight is 252 g/mol. The van der Waals surface area contributed by atoms with Gasteiger partial charge in [-0.15, -0.1) is 0 Å². The van der Waals surface area contributed by atoms with E-state index in [-0.39, 0.29) is 12.0 Å². The van der Waals surface area contributed by atoms with E-state index in [0.29, 0.717) is 6.20 Å². The van der Waals surface area contributed by atoms with Gasteiger partial charge in [-0.3, -0.25) is 0 Å². The zero-order valence-corrected chi connectivity index (χ0v) is 8.94. The van der Waals surface area contributed by atoms with Crippen molar-refractivity contribution in [3.05, 3.63) is 16.9 Å². The van der Waals surface area contributed by atoms with Crippen LogP contribution in [0.2, 0.25) is 5.15 Å². The molecule has 1 aromatic rings. The molecule has 1 aliphatic carbocycles. The Morgan fingerprint density at radius 1 is 1.38 bits per heavy atom. The Morgan fingerprint density at radius 3 is 2.50 bits per heavy atom. The van der Waals surface area contributed by atoms with Crippen molar-refractivity contribution in [2.45, 2.75) is 31.5 Å². The Balaban J connectivity index is 2.15. The normalized spacial score (nSPS) is 17.0. The first-order valence-corrected chi connectivity index (χ1v) is 5.21. The van der Waals surface area contributed by atoms with Gasteiger partial charge in [0, 0.05) is 12.2 Å². The fourth-order valence-corrected chi connectivity index (χ4v) is 1.59. The predicted octanol–water partition coefficient (Wildman–Crippen LogP) is 3.11. The van der Waals surface area contributed by atoms with Gasteiger partial charge in [-0.05, 0) is 19.3 Å². The monoisotopic (exact) mass is 251 g/mol. The van der Waals surface area contributed by atoms with Gasteiger partial charge in [0.05, 0.1) is 0 Å². The standard InChI is InChI=1S/C9H9ClF3N3/c10-7-6(9(11,12)13)4-14-8(16-7)15-5-2-1-3-5/h4-5H,1-3H2,(H,14,15,16). The minimum absolute atomic E-state index is 0.155. The second-order valence-electron chi connectivity index (χ2n) is 3.67. The lowest BCUT2D eigenvalue weighted by Gasteiger charge is -2.26. The number of halogens is 4. The average Bonchev–Trinajstić information content (AvgIpc) is 2.09. The molecular weight excluding hydrogens is 243 g/mol. The number of aromatic nitrogens is 2. The fraction of sp³-hybridized carbons (Fsp3) is 0.556. The van der Waals surface area contributed by atoms with Crippen LogP contribution in [0.4, 0.5) is 19.1 Å². The van der Waals surface area contributed by atoms with Crippen LogP contribution in [0.25, 0.3) is 0 Å². The van der Waals surface area contributed by atoms with E-state index in [1.54, 1.807) is 0 Å². The number of alkyl halides is 3. The summed E-state index contributed by atoms with van der Waals surface area (Å²) in [7, 11) is 0. The lowest BCUT2D eigenvalue weighted by molar-refractivity contribution is -0.137. The van der Waals surface area contributed by atoms with Crippen LogP contribution in [0.5, 0.6) is 0 Å². The van der Waals surface area contributed by atoms with Crippen molar-refractivity contribution in [3.8, 4) is 0 Å². The van der Waals surface area contributed by atoms with Gasteiger partial charge >= 0.3 is 6.18 Å². The Kier molecular flexibility index (Phi) is 2.92. The largest absolute Gasteiger partial charge is 0.420 e. The van der Waals surface area contributed by atoms with Gasteiger partial charge in [-0.1, -0.05) is 11.6 Å². The highest BCUT2D eigenvalue weighted by Crippen LogP contribution is 2.33. The van der Waals surface area contributed by atoms with Crippen LogP contribution in [0.1, 0.15) is 24.8 Å². The third-order valence-corrected chi connectivity index (χ3v) is 2.77. The van der Waals surface area contributed by atoms with Gasteiger partial charge in [0.1, 0.15) is 10.7 Å². The summed E-state index contributed by atoms with van der Waals surface area (Å²) in [5.74, 6) is 0.155. The second kappa shape index (κ2) is 4.08. The highest BCUT2D eigenvalue weighted by atomic mass is 35.5. The van der Waals surface area contributed by atoms with Crippen molar-refractivity contribution >= 4 is 17.5 Å². The summed E-state index contributed by atoms with van der Waals surface area (Å²) in [5.41, 5.74) is -1.01. The van der Waals surface area contributed by atoms with Crippen molar-refractivity contribution in [3.63, 3.8) is 0 Å². The van der Waals surface area contributed by atoms with Crippen LogP contribution in [-0.4, -0.2) is 16.0 Å². The van der Waals surface area contributed by atoms with Crippen molar-refractivity contribution < 1.29 is 13.2 Å². The van der Waals surface area contributed by atoms with E-state index in [2.05, 4.69) is 15.3 Å². The molecule has 0 aromatic carbocycles. The predicted molar refractivity (Wildman–Crippen MR) is 53.3 cm³/mol. The molecule has 1 fully saturated rings. The van der Waals surface area contributed by atoms with Crippen molar-refractivity contribution in [2.75, 3.05) is 5.32 Å². The summed E-state index contributed by atoms with van der Waals surface area (Å²) in [5, 5.41) is 2.36. The van der Waals surface area contributed by atoms with Crippen molar-refractivity contribution in [2.24, 2.45) is 0 Å². The van der Waals surface area contributed by atoms with Gasteiger partial charge in [0.2, 0.25) is 5.95 Å². The molecule has 7 heteroatoms. The molecule has 0 radical (unpaired) electrons. The van der Waals surface area contributed by atoms with Crippen molar-refractivity contribution in [1.82, 2.24) is 9.97 Å².